The second kappa shape index (κ2) is 4.36. The van der Waals surface area contributed by atoms with Crippen LogP contribution in [0.1, 0.15) is 44.9 Å². The minimum atomic E-state index is -1.03. The summed E-state index contributed by atoms with van der Waals surface area (Å²) < 4.78 is 5.71. The molecular weight excluding hydrogens is 244 g/mol. The normalized spacial score (nSPS) is 39.1. The van der Waals surface area contributed by atoms with Crippen LogP contribution in [0, 0.1) is 17.8 Å². The van der Waals surface area contributed by atoms with E-state index in [-0.39, 0.29) is 17.6 Å². The number of hydrogen-bond donors (Lipinski definition) is 1. The highest BCUT2D eigenvalue weighted by molar-refractivity contribution is 5.93. The molecule has 4 aliphatic rings. The van der Waals surface area contributed by atoms with Crippen LogP contribution in [0.5, 0.6) is 0 Å². The van der Waals surface area contributed by atoms with Crippen LogP contribution in [-0.4, -0.2) is 22.6 Å². The van der Waals surface area contributed by atoms with E-state index in [0.717, 1.165) is 19.3 Å². The Hall–Kier alpha value is -1.32. The molecule has 1 N–H and O–H groups in total. The van der Waals surface area contributed by atoms with Gasteiger partial charge in [0.2, 0.25) is 0 Å². The van der Waals surface area contributed by atoms with Gasteiger partial charge in [0.15, 0.2) is 0 Å². The molecule has 0 unspecified atom stereocenters. The highest BCUT2D eigenvalue weighted by Crippen LogP contribution is 2.57. The van der Waals surface area contributed by atoms with E-state index in [9.17, 15) is 9.59 Å². The lowest BCUT2D eigenvalue weighted by atomic mass is 9.54. The second-order valence-electron chi connectivity index (χ2n) is 6.66. The maximum Gasteiger partial charge on any atom is 0.334 e. The molecule has 4 rings (SSSR count). The summed E-state index contributed by atoms with van der Waals surface area (Å²) in [7, 11) is 0. The number of carbonyl (C=O) groups is 2. The molecule has 19 heavy (non-hydrogen) atoms. The van der Waals surface area contributed by atoms with Gasteiger partial charge in [-0.05, 0) is 56.3 Å². The van der Waals surface area contributed by atoms with Crippen molar-refractivity contribution in [2.75, 3.05) is 0 Å². The molecule has 0 aliphatic heterocycles. The van der Waals surface area contributed by atoms with Gasteiger partial charge in [-0.1, -0.05) is 6.58 Å². The summed E-state index contributed by atoms with van der Waals surface area (Å²) in [6.45, 7) is 3.54. The third-order valence-electron chi connectivity index (χ3n) is 4.94. The lowest BCUT2D eigenvalue weighted by Gasteiger charge is -2.55. The van der Waals surface area contributed by atoms with Crippen molar-refractivity contribution in [2.24, 2.45) is 17.8 Å². The van der Waals surface area contributed by atoms with E-state index < -0.39 is 11.9 Å². The minimum Gasteiger partial charge on any atom is -0.481 e. The van der Waals surface area contributed by atoms with Crippen molar-refractivity contribution in [1.82, 2.24) is 0 Å². The van der Waals surface area contributed by atoms with Crippen molar-refractivity contribution in [3.05, 3.63) is 12.2 Å². The van der Waals surface area contributed by atoms with E-state index in [1.807, 2.05) is 0 Å². The van der Waals surface area contributed by atoms with Gasteiger partial charge in [0, 0.05) is 5.57 Å². The van der Waals surface area contributed by atoms with Gasteiger partial charge in [-0.15, -0.1) is 0 Å². The molecule has 0 aromatic rings. The molecule has 0 saturated heterocycles. The number of rotatable bonds is 4. The van der Waals surface area contributed by atoms with Crippen molar-refractivity contribution in [3.63, 3.8) is 0 Å². The number of ether oxygens (including phenoxy) is 1. The van der Waals surface area contributed by atoms with Gasteiger partial charge in [-0.2, -0.15) is 0 Å². The molecule has 0 spiro atoms. The first-order valence-electron chi connectivity index (χ1n) is 7.09. The summed E-state index contributed by atoms with van der Waals surface area (Å²) in [6, 6.07) is 0. The molecule has 0 aromatic heterocycles. The first-order valence-corrected chi connectivity index (χ1v) is 7.09. The fraction of sp³-hybridized carbons (Fsp3) is 0.733. The molecule has 0 amide bonds. The quantitative estimate of drug-likeness (QED) is 0.626. The van der Waals surface area contributed by atoms with Crippen molar-refractivity contribution in [2.45, 2.75) is 50.5 Å². The third-order valence-corrected chi connectivity index (χ3v) is 4.94. The lowest BCUT2D eigenvalue weighted by molar-refractivity contribution is -0.182. The molecule has 0 heterocycles. The van der Waals surface area contributed by atoms with Crippen molar-refractivity contribution < 1.29 is 19.4 Å². The fourth-order valence-electron chi connectivity index (χ4n) is 4.68. The maximum atomic E-state index is 12.0. The van der Waals surface area contributed by atoms with Gasteiger partial charge in [0.1, 0.15) is 5.60 Å². The zero-order valence-electron chi connectivity index (χ0n) is 11.1. The molecule has 4 heteroatoms. The number of esters is 1. The largest absolute Gasteiger partial charge is 0.481 e. The van der Waals surface area contributed by atoms with Crippen LogP contribution in [-0.2, 0) is 14.3 Å². The summed E-state index contributed by atoms with van der Waals surface area (Å²) in [5, 5.41) is 8.69. The van der Waals surface area contributed by atoms with Crippen LogP contribution in [0.2, 0.25) is 0 Å². The fourth-order valence-corrected chi connectivity index (χ4v) is 4.68. The Morgan fingerprint density at radius 2 is 1.58 bits per heavy atom. The summed E-state index contributed by atoms with van der Waals surface area (Å²) in [4.78, 5) is 22.6. The molecule has 104 valence electrons. The monoisotopic (exact) mass is 264 g/mol. The molecule has 0 atom stereocenters. The van der Waals surface area contributed by atoms with Crippen LogP contribution in [0.4, 0.5) is 0 Å². The Morgan fingerprint density at radius 3 is 2.00 bits per heavy atom. The average molecular weight is 264 g/mol. The van der Waals surface area contributed by atoms with Crippen LogP contribution >= 0.6 is 0 Å². The summed E-state index contributed by atoms with van der Waals surface area (Å²) in [5.41, 5.74) is -0.254. The van der Waals surface area contributed by atoms with Crippen LogP contribution in [0.25, 0.3) is 0 Å². The second-order valence-corrected chi connectivity index (χ2v) is 6.66. The summed E-state index contributed by atoms with van der Waals surface area (Å²) in [5.74, 6) is 0.558. The van der Waals surface area contributed by atoms with Gasteiger partial charge in [0.25, 0.3) is 0 Å². The number of aliphatic carboxylic acids is 1. The van der Waals surface area contributed by atoms with Crippen LogP contribution in [0.3, 0.4) is 0 Å². The Kier molecular flexibility index (Phi) is 2.91. The van der Waals surface area contributed by atoms with Crippen molar-refractivity contribution >= 4 is 11.9 Å². The smallest absolute Gasteiger partial charge is 0.334 e. The van der Waals surface area contributed by atoms with Crippen LogP contribution < -0.4 is 0 Å². The Bertz CT molecular complexity index is 402. The third kappa shape index (κ3) is 2.40. The van der Waals surface area contributed by atoms with Gasteiger partial charge in [-0.3, -0.25) is 4.79 Å². The predicted octanol–water partition coefficient (Wildman–Crippen LogP) is 2.53. The van der Waals surface area contributed by atoms with E-state index in [2.05, 4.69) is 6.58 Å². The zero-order valence-corrected chi connectivity index (χ0v) is 11.1. The van der Waals surface area contributed by atoms with E-state index in [1.165, 1.54) is 19.3 Å². The van der Waals surface area contributed by atoms with Crippen LogP contribution in [0.15, 0.2) is 12.2 Å². The number of carboxylic acids is 1. The molecule has 4 bridgehead atoms. The van der Waals surface area contributed by atoms with E-state index in [4.69, 9.17) is 9.84 Å². The molecule has 4 aliphatic carbocycles. The van der Waals surface area contributed by atoms with Gasteiger partial charge in [-0.25, -0.2) is 4.79 Å². The van der Waals surface area contributed by atoms with Crippen molar-refractivity contribution in [1.29, 1.82) is 0 Å². The minimum absolute atomic E-state index is 0.0586. The topological polar surface area (TPSA) is 63.6 Å². The average Bonchev–Trinajstić information content (AvgIpc) is 2.24. The predicted molar refractivity (Wildman–Crippen MR) is 68.4 cm³/mol. The SMILES string of the molecule is C=C(CC(=O)O)C(=O)OC12CC3CC(CC(C3)C1)C2. The lowest BCUT2D eigenvalue weighted by Crippen LogP contribution is -2.52. The molecule has 0 aromatic carbocycles. The Labute approximate surface area is 112 Å². The molecule has 4 saturated carbocycles. The molecule has 0 radical (unpaired) electrons. The molecular formula is C15H20O4. The van der Waals surface area contributed by atoms with E-state index in [0.29, 0.717) is 17.8 Å². The zero-order chi connectivity index (χ0) is 13.6. The number of carbonyl (C=O) groups excluding carboxylic acids is 1. The summed E-state index contributed by atoms with van der Waals surface area (Å²) in [6.07, 6.45) is 6.42. The Morgan fingerprint density at radius 1 is 1.11 bits per heavy atom. The molecule has 4 nitrogen and oxygen atoms in total. The van der Waals surface area contributed by atoms with Gasteiger partial charge >= 0.3 is 11.9 Å². The standard InChI is InChI=1S/C15H20O4/c1-9(2-13(16)17)14(18)19-15-6-10-3-11(7-15)5-12(4-10)8-15/h10-12H,1-8H2,(H,16,17). The van der Waals surface area contributed by atoms with E-state index in [1.54, 1.807) is 0 Å². The number of carboxylic acid groups (broad SMARTS) is 1. The highest BCUT2D eigenvalue weighted by atomic mass is 16.6. The highest BCUT2D eigenvalue weighted by Gasteiger charge is 2.53. The number of hydrogen-bond acceptors (Lipinski definition) is 3. The Balaban J connectivity index is 1.67. The first kappa shape index (κ1) is 12.7. The van der Waals surface area contributed by atoms with Crippen molar-refractivity contribution in [3.8, 4) is 0 Å². The maximum absolute atomic E-state index is 12.0. The summed E-state index contributed by atoms with van der Waals surface area (Å²) >= 11 is 0. The van der Waals surface area contributed by atoms with Gasteiger partial charge < -0.3 is 9.84 Å². The molecule has 4 fully saturated rings. The first-order chi connectivity index (χ1) is 8.96. The van der Waals surface area contributed by atoms with Gasteiger partial charge in [0.05, 0.1) is 6.42 Å². The van der Waals surface area contributed by atoms with E-state index >= 15 is 0 Å².